The fourth-order valence-electron chi connectivity index (χ4n) is 2.17. The lowest BCUT2D eigenvalue weighted by molar-refractivity contribution is -0.152. The monoisotopic (exact) mass is 284 g/mol. The van der Waals surface area contributed by atoms with Gasteiger partial charge in [-0.1, -0.05) is 28.1 Å². The summed E-state index contributed by atoms with van der Waals surface area (Å²) in [5.74, 6) is -0.853. The summed E-state index contributed by atoms with van der Waals surface area (Å²) in [7, 11) is 0. The number of aryl methyl sites for hydroxylation is 1. The Morgan fingerprint density at radius 2 is 2.12 bits per heavy atom. The molecular formula is C12H13BrO3. The van der Waals surface area contributed by atoms with Crippen molar-refractivity contribution in [1.82, 2.24) is 0 Å². The lowest BCUT2D eigenvalue weighted by atomic mass is 9.62. The largest absolute Gasteiger partial charge is 0.481 e. The lowest BCUT2D eigenvalue weighted by Gasteiger charge is -2.42. The number of benzene rings is 1. The van der Waals surface area contributed by atoms with E-state index in [0.717, 1.165) is 15.6 Å². The number of aliphatic carboxylic acids is 1. The van der Waals surface area contributed by atoms with Crippen molar-refractivity contribution < 1.29 is 15.0 Å². The van der Waals surface area contributed by atoms with Gasteiger partial charge in [0.25, 0.3) is 0 Å². The Morgan fingerprint density at radius 1 is 1.50 bits per heavy atom. The van der Waals surface area contributed by atoms with Crippen LogP contribution in [-0.4, -0.2) is 22.3 Å². The molecule has 1 aliphatic carbocycles. The lowest BCUT2D eigenvalue weighted by Crippen LogP contribution is -2.50. The number of carboxylic acids is 1. The van der Waals surface area contributed by atoms with Crippen molar-refractivity contribution in [2.45, 2.75) is 31.3 Å². The summed E-state index contributed by atoms with van der Waals surface area (Å²) in [5, 5.41) is 18.6. The molecule has 1 fully saturated rings. The zero-order chi connectivity index (χ0) is 11.9. The SMILES string of the molecule is Cc1ccc(C2(C(=O)O)CC(O)C2)cc1Br. The van der Waals surface area contributed by atoms with E-state index in [9.17, 15) is 15.0 Å². The Hall–Kier alpha value is -0.870. The first kappa shape index (κ1) is 11.6. The molecule has 0 unspecified atom stereocenters. The van der Waals surface area contributed by atoms with E-state index in [1.165, 1.54) is 0 Å². The van der Waals surface area contributed by atoms with Gasteiger partial charge < -0.3 is 10.2 Å². The highest BCUT2D eigenvalue weighted by atomic mass is 79.9. The average Bonchev–Trinajstić information content (AvgIpc) is 2.17. The van der Waals surface area contributed by atoms with Crippen molar-refractivity contribution in [2.24, 2.45) is 0 Å². The molecule has 1 aromatic rings. The molecule has 1 saturated carbocycles. The first-order valence-corrected chi connectivity index (χ1v) is 5.93. The van der Waals surface area contributed by atoms with Crippen LogP contribution in [0.1, 0.15) is 24.0 Å². The van der Waals surface area contributed by atoms with Crippen LogP contribution in [-0.2, 0) is 10.2 Å². The Bertz CT molecular complexity index is 436. The van der Waals surface area contributed by atoms with E-state index < -0.39 is 17.5 Å². The van der Waals surface area contributed by atoms with Crippen LogP contribution < -0.4 is 0 Å². The van der Waals surface area contributed by atoms with Crippen LogP contribution in [0.2, 0.25) is 0 Å². The van der Waals surface area contributed by atoms with Crippen molar-refractivity contribution in [3.8, 4) is 0 Å². The number of halogens is 1. The molecule has 0 aromatic heterocycles. The normalized spacial score (nSPS) is 28.6. The third kappa shape index (κ3) is 1.66. The first-order chi connectivity index (χ1) is 7.45. The molecule has 0 atom stereocenters. The Balaban J connectivity index is 2.41. The predicted molar refractivity (Wildman–Crippen MR) is 63.4 cm³/mol. The van der Waals surface area contributed by atoms with Gasteiger partial charge in [0, 0.05) is 4.47 Å². The summed E-state index contributed by atoms with van der Waals surface area (Å²) in [5.41, 5.74) is 0.947. The molecule has 2 N–H and O–H groups in total. The number of rotatable bonds is 2. The molecule has 1 aromatic carbocycles. The zero-order valence-corrected chi connectivity index (χ0v) is 10.5. The number of carboxylic acid groups (broad SMARTS) is 1. The first-order valence-electron chi connectivity index (χ1n) is 5.14. The minimum absolute atomic E-state index is 0.303. The van der Waals surface area contributed by atoms with Gasteiger partial charge in [0.2, 0.25) is 0 Å². The smallest absolute Gasteiger partial charge is 0.314 e. The maximum Gasteiger partial charge on any atom is 0.314 e. The maximum atomic E-state index is 11.3. The van der Waals surface area contributed by atoms with E-state index in [-0.39, 0.29) is 0 Å². The highest BCUT2D eigenvalue weighted by Crippen LogP contribution is 2.45. The summed E-state index contributed by atoms with van der Waals surface area (Å²) < 4.78 is 0.909. The zero-order valence-electron chi connectivity index (χ0n) is 8.90. The van der Waals surface area contributed by atoms with Gasteiger partial charge in [0.05, 0.1) is 11.5 Å². The molecule has 0 spiro atoms. The molecule has 4 heteroatoms. The van der Waals surface area contributed by atoms with Crippen molar-refractivity contribution in [2.75, 3.05) is 0 Å². The molecule has 1 aliphatic rings. The third-order valence-electron chi connectivity index (χ3n) is 3.30. The number of hydrogen-bond acceptors (Lipinski definition) is 2. The van der Waals surface area contributed by atoms with Gasteiger partial charge in [0.1, 0.15) is 0 Å². The molecular weight excluding hydrogens is 272 g/mol. The second kappa shape index (κ2) is 3.86. The molecule has 16 heavy (non-hydrogen) atoms. The maximum absolute atomic E-state index is 11.3. The van der Waals surface area contributed by atoms with Gasteiger partial charge in [-0.3, -0.25) is 4.79 Å². The Labute approximate surface area is 102 Å². The van der Waals surface area contributed by atoms with Crippen LogP contribution in [0, 0.1) is 6.92 Å². The molecule has 0 amide bonds. The summed E-state index contributed by atoms with van der Waals surface area (Å²) in [6, 6.07) is 5.57. The fraction of sp³-hybridized carbons (Fsp3) is 0.417. The van der Waals surface area contributed by atoms with Gasteiger partial charge >= 0.3 is 5.97 Å². The molecule has 0 bridgehead atoms. The second-order valence-electron chi connectivity index (χ2n) is 4.41. The van der Waals surface area contributed by atoms with Crippen molar-refractivity contribution >= 4 is 21.9 Å². The van der Waals surface area contributed by atoms with Gasteiger partial charge in [-0.05, 0) is 37.0 Å². The van der Waals surface area contributed by atoms with E-state index in [1.54, 1.807) is 0 Å². The average molecular weight is 285 g/mol. The molecule has 0 saturated heterocycles. The van der Waals surface area contributed by atoms with E-state index in [0.29, 0.717) is 12.8 Å². The second-order valence-corrected chi connectivity index (χ2v) is 5.27. The van der Waals surface area contributed by atoms with E-state index in [1.807, 2.05) is 25.1 Å². The molecule has 0 radical (unpaired) electrons. The van der Waals surface area contributed by atoms with Gasteiger partial charge in [0.15, 0.2) is 0 Å². The van der Waals surface area contributed by atoms with Crippen LogP contribution >= 0.6 is 15.9 Å². The highest BCUT2D eigenvalue weighted by Gasteiger charge is 2.51. The standard InChI is InChI=1S/C12H13BrO3/c1-7-2-3-8(4-10(7)13)12(11(15)16)5-9(14)6-12/h2-4,9,14H,5-6H2,1H3,(H,15,16). The van der Waals surface area contributed by atoms with E-state index in [2.05, 4.69) is 15.9 Å². The predicted octanol–water partition coefficient (Wildman–Crippen LogP) is 2.23. The molecule has 86 valence electrons. The third-order valence-corrected chi connectivity index (χ3v) is 4.16. The van der Waals surface area contributed by atoms with Crippen LogP contribution in [0.5, 0.6) is 0 Å². The summed E-state index contributed by atoms with van der Waals surface area (Å²) in [6.07, 6.45) is 0.117. The Kier molecular flexibility index (Phi) is 2.80. The highest BCUT2D eigenvalue weighted by molar-refractivity contribution is 9.10. The minimum Gasteiger partial charge on any atom is -0.481 e. The number of aliphatic hydroxyl groups is 1. The Morgan fingerprint density at radius 3 is 2.56 bits per heavy atom. The van der Waals surface area contributed by atoms with Gasteiger partial charge in [-0.25, -0.2) is 0 Å². The van der Waals surface area contributed by atoms with Gasteiger partial charge in [-0.15, -0.1) is 0 Å². The van der Waals surface area contributed by atoms with Crippen molar-refractivity contribution in [1.29, 1.82) is 0 Å². The van der Waals surface area contributed by atoms with E-state index >= 15 is 0 Å². The van der Waals surface area contributed by atoms with Crippen molar-refractivity contribution in [3.05, 3.63) is 33.8 Å². The van der Waals surface area contributed by atoms with Crippen LogP contribution in [0.4, 0.5) is 0 Å². The van der Waals surface area contributed by atoms with Crippen LogP contribution in [0.3, 0.4) is 0 Å². The number of hydrogen-bond donors (Lipinski definition) is 2. The van der Waals surface area contributed by atoms with Crippen LogP contribution in [0.25, 0.3) is 0 Å². The molecule has 2 rings (SSSR count). The minimum atomic E-state index is -0.893. The summed E-state index contributed by atoms with van der Waals surface area (Å²) >= 11 is 3.40. The molecule has 3 nitrogen and oxygen atoms in total. The molecule has 0 heterocycles. The summed E-state index contributed by atoms with van der Waals surface area (Å²) in [4.78, 5) is 11.3. The topological polar surface area (TPSA) is 57.5 Å². The summed E-state index contributed by atoms with van der Waals surface area (Å²) in [6.45, 7) is 1.96. The van der Waals surface area contributed by atoms with Crippen LogP contribution in [0.15, 0.2) is 22.7 Å². The van der Waals surface area contributed by atoms with Gasteiger partial charge in [-0.2, -0.15) is 0 Å². The van der Waals surface area contributed by atoms with E-state index in [4.69, 9.17) is 0 Å². The quantitative estimate of drug-likeness (QED) is 0.876. The number of carbonyl (C=O) groups is 1. The van der Waals surface area contributed by atoms with Crippen molar-refractivity contribution in [3.63, 3.8) is 0 Å². The fourth-order valence-corrected chi connectivity index (χ4v) is 2.55. The number of aliphatic hydroxyl groups excluding tert-OH is 1. The molecule has 0 aliphatic heterocycles.